The molecule has 5 nitrogen and oxygen atoms in total. The van der Waals surface area contributed by atoms with Crippen LogP contribution in [-0.4, -0.2) is 9.13 Å². The van der Waals surface area contributed by atoms with Gasteiger partial charge in [0.15, 0.2) is 0 Å². The summed E-state index contributed by atoms with van der Waals surface area (Å²) in [4.78, 5) is 0. The highest BCUT2D eigenvalue weighted by atomic mass is 16.3. The zero-order chi connectivity index (χ0) is 42.3. The molecule has 302 valence electrons. The zero-order valence-corrected chi connectivity index (χ0v) is 34.7. The zero-order valence-electron chi connectivity index (χ0n) is 34.7. The maximum Gasteiger partial charge on any atom is 0.136 e. The molecule has 0 atom stereocenters. The Bertz CT molecular complexity index is 4390. The summed E-state index contributed by atoms with van der Waals surface area (Å²) < 4.78 is 24.4. The summed E-state index contributed by atoms with van der Waals surface area (Å²) in [5, 5.41) is 11.4. The average molecular weight is 831 g/mol. The van der Waals surface area contributed by atoms with Gasteiger partial charge in [0.05, 0.1) is 22.1 Å². The summed E-state index contributed by atoms with van der Waals surface area (Å²) in [7, 11) is 0. The Hall–Kier alpha value is -8.80. The summed E-state index contributed by atoms with van der Waals surface area (Å²) in [6.07, 6.45) is 0. The van der Waals surface area contributed by atoms with Crippen molar-refractivity contribution in [1.29, 1.82) is 0 Å². The molecule has 0 amide bonds. The fourth-order valence-electron chi connectivity index (χ4n) is 10.8. The standard InChI is InChI=1S/C60H34N2O3/c1-6-16-51-39(11-1)40-12-2-7-17-52(40)61(51)37-23-27-58-48(31-37)46-29-35(21-25-56(46)63-58)44-33-50-43-15-5-10-20-55(43)65-60(50)34-45(44)36-22-26-57-47(30-36)49-32-38(24-28-59(49)64-57)62-53-18-8-3-13-41(53)42-14-4-9-19-54(42)62/h1-34H. The van der Waals surface area contributed by atoms with Crippen LogP contribution in [0.3, 0.4) is 0 Å². The molecule has 15 aromatic rings. The van der Waals surface area contributed by atoms with Crippen molar-refractivity contribution in [3.8, 4) is 33.6 Å². The van der Waals surface area contributed by atoms with Gasteiger partial charge in [-0.3, -0.25) is 0 Å². The van der Waals surface area contributed by atoms with E-state index in [1.165, 1.54) is 43.6 Å². The molecule has 5 heteroatoms. The Morgan fingerprint density at radius 2 is 0.569 bits per heavy atom. The second-order valence-corrected chi connectivity index (χ2v) is 17.2. The van der Waals surface area contributed by atoms with Crippen LogP contribution in [0.5, 0.6) is 0 Å². The van der Waals surface area contributed by atoms with E-state index in [0.29, 0.717) is 0 Å². The lowest BCUT2D eigenvalue weighted by Crippen LogP contribution is -1.93. The Labute approximate surface area is 370 Å². The summed E-state index contributed by atoms with van der Waals surface area (Å²) in [5.41, 5.74) is 16.4. The van der Waals surface area contributed by atoms with Gasteiger partial charge < -0.3 is 22.4 Å². The number of aromatic nitrogens is 2. The molecule has 0 radical (unpaired) electrons. The van der Waals surface area contributed by atoms with Crippen LogP contribution in [0, 0.1) is 0 Å². The van der Waals surface area contributed by atoms with Gasteiger partial charge in [0.2, 0.25) is 0 Å². The predicted octanol–water partition coefficient (Wildman–Crippen LogP) is 16.9. The van der Waals surface area contributed by atoms with Crippen molar-refractivity contribution in [2.45, 2.75) is 0 Å². The Morgan fingerprint density at radius 1 is 0.231 bits per heavy atom. The van der Waals surface area contributed by atoms with Crippen LogP contribution in [0.4, 0.5) is 0 Å². The SMILES string of the molecule is c1ccc2c(c1)oc1cc(-c3ccc4oc5ccc(-n6c7ccccc7c7ccccc76)cc5c4c3)c(-c3ccc4oc5ccc(-n6c7ccccc7c7ccccc76)cc5c4c3)cc12. The van der Waals surface area contributed by atoms with Crippen LogP contribution in [0.25, 0.3) is 143 Å². The van der Waals surface area contributed by atoms with Gasteiger partial charge in [-0.1, -0.05) is 103 Å². The Balaban J connectivity index is 0.936. The van der Waals surface area contributed by atoms with Crippen LogP contribution in [0.1, 0.15) is 0 Å². The number of hydrogen-bond donors (Lipinski definition) is 0. The van der Waals surface area contributed by atoms with Gasteiger partial charge in [-0.05, 0) is 125 Å². The highest BCUT2D eigenvalue weighted by molar-refractivity contribution is 6.15. The van der Waals surface area contributed by atoms with E-state index in [4.69, 9.17) is 13.3 Å². The van der Waals surface area contributed by atoms with E-state index in [1.54, 1.807) is 0 Å². The van der Waals surface area contributed by atoms with E-state index in [9.17, 15) is 0 Å². The van der Waals surface area contributed by atoms with Crippen molar-refractivity contribution in [2.24, 2.45) is 0 Å². The molecule has 0 spiro atoms. The van der Waals surface area contributed by atoms with Crippen molar-refractivity contribution in [3.05, 3.63) is 206 Å². The highest BCUT2D eigenvalue weighted by Gasteiger charge is 2.20. The predicted molar refractivity (Wildman–Crippen MR) is 268 cm³/mol. The van der Waals surface area contributed by atoms with Gasteiger partial charge in [-0.25, -0.2) is 0 Å². The lowest BCUT2D eigenvalue weighted by atomic mass is 9.91. The quantitative estimate of drug-likeness (QED) is 0.177. The Kier molecular flexibility index (Phi) is 6.89. The molecule has 0 bridgehead atoms. The molecule has 15 rings (SSSR count). The van der Waals surface area contributed by atoms with Crippen LogP contribution >= 0.6 is 0 Å². The Morgan fingerprint density at radius 3 is 1.05 bits per heavy atom. The van der Waals surface area contributed by atoms with Gasteiger partial charge in [0.25, 0.3) is 0 Å². The molecule has 0 aliphatic heterocycles. The molecule has 10 aromatic carbocycles. The van der Waals surface area contributed by atoms with E-state index in [1.807, 2.05) is 12.1 Å². The first kappa shape index (κ1) is 34.7. The summed E-state index contributed by atoms with van der Waals surface area (Å²) >= 11 is 0. The first-order valence-electron chi connectivity index (χ1n) is 22.1. The van der Waals surface area contributed by atoms with Crippen LogP contribution in [0.15, 0.2) is 220 Å². The first-order valence-corrected chi connectivity index (χ1v) is 22.1. The highest BCUT2D eigenvalue weighted by Crippen LogP contribution is 2.44. The fourth-order valence-corrected chi connectivity index (χ4v) is 10.8. The fraction of sp³-hybridized carbons (Fsp3) is 0. The van der Waals surface area contributed by atoms with Crippen molar-refractivity contribution in [3.63, 3.8) is 0 Å². The lowest BCUT2D eigenvalue weighted by Gasteiger charge is -2.12. The van der Waals surface area contributed by atoms with E-state index in [-0.39, 0.29) is 0 Å². The lowest BCUT2D eigenvalue weighted by molar-refractivity contribution is 0.668. The molecule has 0 aliphatic carbocycles. The average Bonchev–Trinajstić information content (AvgIpc) is 4.17. The van der Waals surface area contributed by atoms with Gasteiger partial charge in [0.1, 0.15) is 33.5 Å². The molecular formula is C60H34N2O3. The molecule has 0 unspecified atom stereocenters. The van der Waals surface area contributed by atoms with Crippen molar-refractivity contribution in [2.75, 3.05) is 0 Å². The maximum absolute atomic E-state index is 6.56. The maximum atomic E-state index is 6.56. The number of hydrogen-bond acceptors (Lipinski definition) is 3. The third kappa shape index (κ3) is 4.92. The molecule has 0 N–H and O–H groups in total. The number of para-hydroxylation sites is 5. The minimum absolute atomic E-state index is 0.847. The number of nitrogens with zero attached hydrogens (tertiary/aromatic N) is 2. The first-order chi connectivity index (χ1) is 32.2. The van der Waals surface area contributed by atoms with Crippen LogP contribution in [0.2, 0.25) is 0 Å². The number of fused-ring (bicyclic) bond motifs is 15. The van der Waals surface area contributed by atoms with Crippen LogP contribution in [-0.2, 0) is 0 Å². The van der Waals surface area contributed by atoms with Crippen molar-refractivity contribution < 1.29 is 13.3 Å². The minimum atomic E-state index is 0.847. The summed E-state index contributed by atoms with van der Waals surface area (Å²) in [6.45, 7) is 0. The van der Waals surface area contributed by atoms with E-state index in [0.717, 1.165) is 99.4 Å². The smallest absolute Gasteiger partial charge is 0.136 e. The topological polar surface area (TPSA) is 49.3 Å². The second-order valence-electron chi connectivity index (χ2n) is 17.2. The summed E-state index contributed by atoms with van der Waals surface area (Å²) in [6, 6.07) is 73.7. The van der Waals surface area contributed by atoms with E-state index >= 15 is 0 Å². The van der Waals surface area contributed by atoms with Crippen molar-refractivity contribution >= 4 is 109 Å². The minimum Gasteiger partial charge on any atom is -0.456 e. The van der Waals surface area contributed by atoms with Gasteiger partial charge in [-0.2, -0.15) is 0 Å². The van der Waals surface area contributed by atoms with Crippen molar-refractivity contribution in [1.82, 2.24) is 9.13 Å². The monoisotopic (exact) mass is 830 g/mol. The van der Waals surface area contributed by atoms with Gasteiger partial charge in [0, 0.05) is 65.2 Å². The third-order valence-electron chi connectivity index (χ3n) is 13.7. The molecule has 0 fully saturated rings. The van der Waals surface area contributed by atoms with E-state index in [2.05, 4.69) is 203 Å². The molecule has 5 aromatic heterocycles. The van der Waals surface area contributed by atoms with Crippen LogP contribution < -0.4 is 0 Å². The molecule has 5 heterocycles. The molecular weight excluding hydrogens is 797 g/mol. The molecule has 0 aliphatic rings. The number of furan rings is 3. The number of rotatable bonds is 4. The normalized spacial score (nSPS) is 12.3. The number of benzene rings is 10. The largest absolute Gasteiger partial charge is 0.456 e. The third-order valence-corrected chi connectivity index (χ3v) is 13.7. The molecule has 0 saturated carbocycles. The summed E-state index contributed by atoms with van der Waals surface area (Å²) in [5.74, 6) is 0. The van der Waals surface area contributed by atoms with Gasteiger partial charge in [-0.15, -0.1) is 0 Å². The van der Waals surface area contributed by atoms with Gasteiger partial charge >= 0.3 is 0 Å². The molecule has 65 heavy (non-hydrogen) atoms. The van der Waals surface area contributed by atoms with E-state index < -0.39 is 0 Å². The molecule has 0 saturated heterocycles. The second kappa shape index (κ2) is 12.9.